The van der Waals surface area contributed by atoms with Crippen molar-refractivity contribution in [3.8, 4) is 0 Å². The number of aromatic nitrogens is 1. The Morgan fingerprint density at radius 3 is 3.05 bits per heavy atom. The zero-order chi connectivity index (χ0) is 14.7. The maximum Gasteiger partial charge on any atom is 0.232 e. The Morgan fingerprint density at radius 2 is 2.19 bits per heavy atom. The summed E-state index contributed by atoms with van der Waals surface area (Å²) in [7, 11) is 0. The number of piperidine rings is 1. The van der Waals surface area contributed by atoms with Gasteiger partial charge >= 0.3 is 0 Å². The summed E-state index contributed by atoms with van der Waals surface area (Å²) in [6.45, 7) is 1.22. The molecule has 1 saturated heterocycles. The molecular weight excluding hydrogens is 266 g/mol. The number of hydrogen-bond donors (Lipinski definition) is 3. The number of H-pyrrole nitrogens is 1. The summed E-state index contributed by atoms with van der Waals surface area (Å²) in [6, 6.07) is 8.10. The lowest BCUT2D eigenvalue weighted by molar-refractivity contribution is -0.136. The minimum absolute atomic E-state index is 0.147. The van der Waals surface area contributed by atoms with Gasteiger partial charge in [0.25, 0.3) is 0 Å². The average molecular weight is 285 g/mol. The molecule has 0 saturated carbocycles. The van der Waals surface area contributed by atoms with Gasteiger partial charge in [-0.05, 0) is 30.9 Å². The fraction of sp³-hybridized carbons (Fsp3) is 0.375. The van der Waals surface area contributed by atoms with E-state index in [1.165, 1.54) is 10.9 Å². The van der Waals surface area contributed by atoms with Gasteiger partial charge in [-0.1, -0.05) is 18.2 Å². The van der Waals surface area contributed by atoms with Gasteiger partial charge in [-0.2, -0.15) is 0 Å². The van der Waals surface area contributed by atoms with Crippen LogP contribution in [0.5, 0.6) is 0 Å². The van der Waals surface area contributed by atoms with Crippen molar-refractivity contribution in [1.29, 1.82) is 0 Å². The molecule has 21 heavy (non-hydrogen) atoms. The number of benzene rings is 1. The molecule has 3 rings (SSSR count). The highest BCUT2D eigenvalue weighted by Crippen LogP contribution is 2.18. The van der Waals surface area contributed by atoms with Crippen molar-refractivity contribution in [2.45, 2.75) is 19.3 Å². The van der Waals surface area contributed by atoms with Gasteiger partial charge in [0.15, 0.2) is 0 Å². The first-order valence-electron chi connectivity index (χ1n) is 7.36. The lowest BCUT2D eigenvalue weighted by atomic mass is 9.98. The van der Waals surface area contributed by atoms with E-state index in [0.29, 0.717) is 19.5 Å². The van der Waals surface area contributed by atoms with Crippen molar-refractivity contribution in [2.75, 3.05) is 13.1 Å². The van der Waals surface area contributed by atoms with Gasteiger partial charge in [0, 0.05) is 30.2 Å². The van der Waals surface area contributed by atoms with Crippen LogP contribution < -0.4 is 10.6 Å². The van der Waals surface area contributed by atoms with Crippen LogP contribution in [0.3, 0.4) is 0 Å². The molecule has 2 aromatic rings. The number of hydrogen-bond acceptors (Lipinski definition) is 2. The molecule has 1 aromatic heterocycles. The Balaban J connectivity index is 1.56. The summed E-state index contributed by atoms with van der Waals surface area (Å²) >= 11 is 0. The van der Waals surface area contributed by atoms with E-state index in [9.17, 15) is 9.59 Å². The predicted octanol–water partition coefficient (Wildman–Crippen LogP) is 1.35. The van der Waals surface area contributed by atoms with E-state index in [-0.39, 0.29) is 11.8 Å². The minimum atomic E-state index is -0.526. The fourth-order valence-electron chi connectivity index (χ4n) is 2.80. The van der Waals surface area contributed by atoms with Crippen LogP contribution in [0.25, 0.3) is 10.9 Å². The second kappa shape index (κ2) is 5.99. The van der Waals surface area contributed by atoms with E-state index in [2.05, 4.69) is 21.7 Å². The zero-order valence-electron chi connectivity index (χ0n) is 11.8. The second-order valence-electron chi connectivity index (χ2n) is 5.39. The van der Waals surface area contributed by atoms with E-state index in [1.54, 1.807) is 0 Å². The van der Waals surface area contributed by atoms with Crippen molar-refractivity contribution in [2.24, 2.45) is 5.92 Å². The lowest BCUT2D eigenvalue weighted by Crippen LogP contribution is -2.45. The molecule has 2 heterocycles. The molecule has 110 valence electrons. The molecule has 5 heteroatoms. The van der Waals surface area contributed by atoms with Gasteiger partial charge in [-0.25, -0.2) is 0 Å². The van der Waals surface area contributed by atoms with Gasteiger partial charge in [-0.15, -0.1) is 0 Å². The summed E-state index contributed by atoms with van der Waals surface area (Å²) < 4.78 is 0. The topological polar surface area (TPSA) is 74.0 Å². The Bertz CT molecular complexity index is 662. The van der Waals surface area contributed by atoms with Crippen LogP contribution in [0.1, 0.15) is 18.4 Å². The number of carbonyl (C=O) groups excluding carboxylic acids is 2. The first-order valence-corrected chi connectivity index (χ1v) is 7.36. The third-order valence-corrected chi connectivity index (χ3v) is 3.97. The monoisotopic (exact) mass is 285 g/mol. The third-order valence-electron chi connectivity index (χ3n) is 3.97. The number of nitrogens with one attached hydrogen (secondary N) is 3. The summed E-state index contributed by atoms with van der Waals surface area (Å²) in [5, 5.41) is 6.79. The maximum absolute atomic E-state index is 12.0. The largest absolute Gasteiger partial charge is 0.361 e. The highest BCUT2D eigenvalue weighted by Gasteiger charge is 2.28. The molecule has 5 nitrogen and oxygen atoms in total. The van der Waals surface area contributed by atoms with E-state index in [0.717, 1.165) is 18.4 Å². The summed E-state index contributed by atoms with van der Waals surface area (Å²) in [5.74, 6) is -0.834. The van der Waals surface area contributed by atoms with Crippen molar-refractivity contribution in [3.63, 3.8) is 0 Å². The molecule has 0 unspecified atom stereocenters. The van der Waals surface area contributed by atoms with E-state index in [1.807, 2.05) is 24.4 Å². The maximum atomic E-state index is 12.0. The van der Waals surface area contributed by atoms with Crippen LogP contribution in [-0.4, -0.2) is 29.9 Å². The Hall–Kier alpha value is -2.30. The van der Waals surface area contributed by atoms with Crippen LogP contribution in [0, 0.1) is 5.92 Å². The fourth-order valence-corrected chi connectivity index (χ4v) is 2.80. The lowest BCUT2D eigenvalue weighted by Gasteiger charge is -2.20. The van der Waals surface area contributed by atoms with E-state index < -0.39 is 5.92 Å². The smallest absolute Gasteiger partial charge is 0.232 e. The first-order chi connectivity index (χ1) is 10.3. The van der Waals surface area contributed by atoms with Crippen LogP contribution in [0.2, 0.25) is 0 Å². The quantitative estimate of drug-likeness (QED) is 0.742. The summed E-state index contributed by atoms with van der Waals surface area (Å²) in [5.41, 5.74) is 2.28. The Kier molecular flexibility index (Phi) is 3.90. The molecule has 1 atom stereocenters. The normalized spacial score (nSPS) is 18.5. The summed E-state index contributed by atoms with van der Waals surface area (Å²) in [4.78, 5) is 26.9. The van der Waals surface area contributed by atoms with Gasteiger partial charge in [0.2, 0.25) is 11.8 Å². The molecule has 0 aliphatic carbocycles. The molecule has 1 fully saturated rings. The van der Waals surface area contributed by atoms with Crippen LogP contribution in [0.4, 0.5) is 0 Å². The van der Waals surface area contributed by atoms with E-state index >= 15 is 0 Å². The van der Waals surface area contributed by atoms with Crippen molar-refractivity contribution in [1.82, 2.24) is 15.6 Å². The van der Waals surface area contributed by atoms with Gasteiger partial charge in [0.05, 0.1) is 0 Å². The molecule has 0 bridgehead atoms. The molecule has 2 amide bonds. The number of fused-ring (bicyclic) bond motifs is 1. The van der Waals surface area contributed by atoms with Gasteiger partial charge in [-0.3, -0.25) is 9.59 Å². The second-order valence-corrected chi connectivity index (χ2v) is 5.39. The molecule has 0 spiro atoms. The number of rotatable bonds is 4. The minimum Gasteiger partial charge on any atom is -0.361 e. The number of aromatic amines is 1. The molecule has 1 aromatic carbocycles. The first kappa shape index (κ1) is 13.7. The predicted molar refractivity (Wildman–Crippen MR) is 80.7 cm³/mol. The van der Waals surface area contributed by atoms with Gasteiger partial charge in [0.1, 0.15) is 5.92 Å². The Labute approximate surface area is 123 Å². The molecular formula is C16H19N3O2. The third kappa shape index (κ3) is 2.91. The average Bonchev–Trinajstić information content (AvgIpc) is 2.91. The molecule has 1 aliphatic rings. The van der Waals surface area contributed by atoms with Crippen LogP contribution in [0.15, 0.2) is 30.5 Å². The number of carbonyl (C=O) groups is 2. The number of para-hydroxylation sites is 1. The van der Waals surface area contributed by atoms with Crippen LogP contribution >= 0.6 is 0 Å². The van der Waals surface area contributed by atoms with Crippen LogP contribution in [-0.2, 0) is 16.0 Å². The highest BCUT2D eigenvalue weighted by atomic mass is 16.2. The Morgan fingerprint density at radius 1 is 1.33 bits per heavy atom. The van der Waals surface area contributed by atoms with E-state index in [4.69, 9.17) is 0 Å². The highest BCUT2D eigenvalue weighted by molar-refractivity contribution is 6.00. The summed E-state index contributed by atoms with van der Waals surface area (Å²) in [6.07, 6.45) is 4.24. The number of amides is 2. The SMILES string of the molecule is O=C1NCCC[C@@H]1C(=O)NCCc1c[nH]c2ccccc12. The standard InChI is InChI=1S/C16H19N3O2/c20-15-13(5-3-8-17-15)16(21)18-9-7-11-10-19-14-6-2-1-4-12(11)14/h1-2,4,6,10,13,19H,3,5,7-9H2,(H,17,20)(H,18,21)/t13-/m0/s1. The van der Waals surface area contributed by atoms with Crippen molar-refractivity contribution >= 4 is 22.7 Å². The van der Waals surface area contributed by atoms with Crippen molar-refractivity contribution in [3.05, 3.63) is 36.0 Å². The molecule has 0 radical (unpaired) electrons. The molecule has 1 aliphatic heterocycles. The van der Waals surface area contributed by atoms with Gasteiger partial charge < -0.3 is 15.6 Å². The van der Waals surface area contributed by atoms with Crippen molar-refractivity contribution < 1.29 is 9.59 Å². The zero-order valence-corrected chi connectivity index (χ0v) is 11.8. The molecule has 3 N–H and O–H groups in total.